The monoisotopic (exact) mass is 427 g/mol. The fraction of sp³-hybridized carbons (Fsp3) is 0.389. The predicted molar refractivity (Wildman–Crippen MR) is 103 cm³/mol. The lowest BCUT2D eigenvalue weighted by Crippen LogP contribution is -2.38. The van der Waals surface area contributed by atoms with Crippen molar-refractivity contribution in [2.24, 2.45) is 7.05 Å². The predicted octanol–water partition coefficient (Wildman–Crippen LogP) is 2.10. The Morgan fingerprint density at radius 2 is 2.00 bits per heavy atom. The molecule has 2 aromatic rings. The van der Waals surface area contributed by atoms with E-state index in [1.54, 1.807) is 12.1 Å². The standard InChI is InChI=1S/C18H20ClF2N5O3/c1-25-15(16(20)21)13(10-23-25)24-18(28)17(27)22-9-11-8-12(19)2-3-14(11)26-4-6-29-7-5-26/h2-3,8,10,16H,4-7,9H2,1H3,(H,22,27)(H,24,28). The van der Waals surface area contributed by atoms with Crippen molar-refractivity contribution in [2.75, 3.05) is 36.5 Å². The third kappa shape index (κ3) is 5.01. The lowest BCUT2D eigenvalue weighted by Gasteiger charge is -2.30. The van der Waals surface area contributed by atoms with Gasteiger partial charge in [0, 0.05) is 37.4 Å². The SMILES string of the molecule is Cn1ncc(NC(=O)C(=O)NCc2cc(Cl)ccc2N2CCOCC2)c1C(F)F. The Labute approximate surface area is 170 Å². The summed E-state index contributed by atoms with van der Waals surface area (Å²) in [6, 6.07) is 5.30. The molecule has 1 aromatic carbocycles. The molecule has 156 valence electrons. The molecule has 0 bridgehead atoms. The number of anilines is 2. The largest absolute Gasteiger partial charge is 0.378 e. The molecule has 1 aliphatic rings. The van der Waals surface area contributed by atoms with Crippen LogP contribution in [0.5, 0.6) is 0 Å². The van der Waals surface area contributed by atoms with Crippen LogP contribution >= 0.6 is 11.6 Å². The first-order valence-electron chi connectivity index (χ1n) is 8.87. The van der Waals surface area contributed by atoms with Crippen LogP contribution in [0.15, 0.2) is 24.4 Å². The van der Waals surface area contributed by atoms with Gasteiger partial charge in [-0.25, -0.2) is 8.78 Å². The molecule has 1 aliphatic heterocycles. The molecule has 0 atom stereocenters. The summed E-state index contributed by atoms with van der Waals surface area (Å²) < 4.78 is 32.4. The van der Waals surface area contributed by atoms with Crippen molar-refractivity contribution in [2.45, 2.75) is 13.0 Å². The van der Waals surface area contributed by atoms with Crippen molar-refractivity contribution < 1.29 is 23.1 Å². The number of aryl methyl sites for hydroxylation is 1. The second-order valence-electron chi connectivity index (χ2n) is 6.38. The van der Waals surface area contributed by atoms with Crippen molar-refractivity contribution >= 4 is 34.8 Å². The Morgan fingerprint density at radius 3 is 2.69 bits per heavy atom. The number of morpholine rings is 1. The highest BCUT2D eigenvalue weighted by atomic mass is 35.5. The lowest BCUT2D eigenvalue weighted by atomic mass is 10.1. The van der Waals surface area contributed by atoms with E-state index in [1.165, 1.54) is 7.05 Å². The number of alkyl halides is 2. The molecule has 1 fully saturated rings. The van der Waals surface area contributed by atoms with Crippen LogP contribution in [0.1, 0.15) is 17.7 Å². The molecule has 2 heterocycles. The molecular weight excluding hydrogens is 408 g/mol. The van der Waals surface area contributed by atoms with Crippen LogP contribution < -0.4 is 15.5 Å². The Kier molecular flexibility index (Phi) is 6.65. The average molecular weight is 428 g/mol. The third-order valence-electron chi connectivity index (χ3n) is 4.48. The van der Waals surface area contributed by atoms with Gasteiger partial charge in [-0.15, -0.1) is 0 Å². The summed E-state index contributed by atoms with van der Waals surface area (Å²) in [6.45, 7) is 2.62. The zero-order valence-electron chi connectivity index (χ0n) is 15.6. The molecule has 0 saturated carbocycles. The fourth-order valence-electron chi connectivity index (χ4n) is 3.05. The smallest absolute Gasteiger partial charge is 0.313 e. The summed E-state index contributed by atoms with van der Waals surface area (Å²) in [4.78, 5) is 26.4. The number of nitrogens with zero attached hydrogens (tertiary/aromatic N) is 3. The van der Waals surface area contributed by atoms with Crippen molar-refractivity contribution in [1.29, 1.82) is 0 Å². The zero-order valence-corrected chi connectivity index (χ0v) is 16.4. The summed E-state index contributed by atoms with van der Waals surface area (Å²) in [6.07, 6.45) is -1.77. The van der Waals surface area contributed by atoms with Gasteiger partial charge in [-0.2, -0.15) is 5.10 Å². The summed E-state index contributed by atoms with van der Waals surface area (Å²) in [5.74, 6) is -2.02. The van der Waals surface area contributed by atoms with E-state index in [1.807, 2.05) is 6.07 Å². The average Bonchev–Trinajstić information content (AvgIpc) is 3.07. The molecular formula is C18H20ClF2N5O3. The van der Waals surface area contributed by atoms with Gasteiger partial charge >= 0.3 is 11.8 Å². The Morgan fingerprint density at radius 1 is 1.28 bits per heavy atom. The second kappa shape index (κ2) is 9.19. The van der Waals surface area contributed by atoms with Gasteiger partial charge in [-0.3, -0.25) is 14.3 Å². The number of nitrogens with one attached hydrogen (secondary N) is 2. The van der Waals surface area contributed by atoms with Crippen LogP contribution in [-0.2, 0) is 27.9 Å². The van der Waals surface area contributed by atoms with E-state index < -0.39 is 23.9 Å². The van der Waals surface area contributed by atoms with E-state index in [0.717, 1.165) is 22.1 Å². The first kappa shape index (κ1) is 21.0. The van der Waals surface area contributed by atoms with Crippen molar-refractivity contribution in [3.8, 4) is 0 Å². The van der Waals surface area contributed by atoms with E-state index in [9.17, 15) is 18.4 Å². The van der Waals surface area contributed by atoms with Crippen LogP contribution in [-0.4, -0.2) is 47.9 Å². The number of benzene rings is 1. The summed E-state index contributed by atoms with van der Waals surface area (Å²) in [7, 11) is 1.32. The van der Waals surface area contributed by atoms with Gasteiger partial charge in [0.05, 0.1) is 25.1 Å². The number of carbonyl (C=O) groups excluding carboxylic acids is 2. The number of carbonyl (C=O) groups is 2. The molecule has 0 spiro atoms. The first-order chi connectivity index (χ1) is 13.9. The molecule has 8 nitrogen and oxygen atoms in total. The van der Waals surface area contributed by atoms with Crippen LogP contribution in [0.2, 0.25) is 5.02 Å². The van der Waals surface area contributed by atoms with E-state index in [-0.39, 0.29) is 12.2 Å². The van der Waals surface area contributed by atoms with Crippen molar-refractivity contribution in [3.63, 3.8) is 0 Å². The molecule has 3 rings (SSSR count). The number of aromatic nitrogens is 2. The van der Waals surface area contributed by atoms with Gasteiger partial charge in [0.25, 0.3) is 6.43 Å². The summed E-state index contributed by atoms with van der Waals surface area (Å²) in [5, 5.41) is 8.84. The maximum atomic E-state index is 13.1. The third-order valence-corrected chi connectivity index (χ3v) is 4.71. The van der Waals surface area contributed by atoms with Crippen LogP contribution in [0.4, 0.5) is 20.2 Å². The summed E-state index contributed by atoms with van der Waals surface area (Å²) >= 11 is 6.07. The minimum Gasteiger partial charge on any atom is -0.378 e. The van der Waals surface area contributed by atoms with Gasteiger partial charge in [0.1, 0.15) is 5.69 Å². The Bertz CT molecular complexity index is 900. The molecule has 1 saturated heterocycles. The number of rotatable bonds is 5. The minimum atomic E-state index is -2.84. The molecule has 0 radical (unpaired) electrons. The van der Waals surface area contributed by atoms with Gasteiger partial charge in [0.15, 0.2) is 0 Å². The van der Waals surface area contributed by atoms with Gasteiger partial charge in [0.2, 0.25) is 0 Å². The highest BCUT2D eigenvalue weighted by Gasteiger charge is 2.23. The summed E-state index contributed by atoms with van der Waals surface area (Å²) in [5.41, 5.74) is 0.927. The van der Waals surface area contributed by atoms with Crippen molar-refractivity contribution in [3.05, 3.63) is 40.7 Å². The molecule has 1 aromatic heterocycles. The molecule has 0 aliphatic carbocycles. The number of halogens is 3. The second-order valence-corrected chi connectivity index (χ2v) is 6.81. The van der Waals surface area contributed by atoms with E-state index >= 15 is 0 Å². The molecule has 11 heteroatoms. The number of amides is 2. The van der Waals surface area contributed by atoms with Gasteiger partial charge in [-0.05, 0) is 23.8 Å². The lowest BCUT2D eigenvalue weighted by molar-refractivity contribution is -0.136. The van der Waals surface area contributed by atoms with Crippen molar-refractivity contribution in [1.82, 2.24) is 15.1 Å². The zero-order chi connectivity index (χ0) is 21.0. The highest BCUT2D eigenvalue weighted by Crippen LogP contribution is 2.27. The van der Waals surface area contributed by atoms with Crippen LogP contribution in [0.3, 0.4) is 0 Å². The van der Waals surface area contributed by atoms with Crippen LogP contribution in [0.25, 0.3) is 0 Å². The van der Waals surface area contributed by atoms with E-state index in [4.69, 9.17) is 16.3 Å². The van der Waals surface area contributed by atoms with E-state index in [0.29, 0.717) is 31.3 Å². The van der Waals surface area contributed by atoms with Gasteiger partial charge < -0.3 is 20.3 Å². The number of hydrogen-bond acceptors (Lipinski definition) is 5. The van der Waals surface area contributed by atoms with Gasteiger partial charge in [-0.1, -0.05) is 11.6 Å². The number of hydrogen-bond donors (Lipinski definition) is 2. The molecule has 0 unspecified atom stereocenters. The maximum absolute atomic E-state index is 13.1. The molecule has 2 amide bonds. The number of ether oxygens (including phenoxy) is 1. The fourth-order valence-corrected chi connectivity index (χ4v) is 3.24. The topological polar surface area (TPSA) is 88.5 Å². The minimum absolute atomic E-state index is 0.0498. The Balaban J connectivity index is 1.66. The normalized spacial score (nSPS) is 14.2. The Hall–Kier alpha value is -2.72. The molecule has 29 heavy (non-hydrogen) atoms. The van der Waals surface area contributed by atoms with Crippen LogP contribution in [0, 0.1) is 0 Å². The molecule has 2 N–H and O–H groups in total. The highest BCUT2D eigenvalue weighted by molar-refractivity contribution is 6.39. The first-order valence-corrected chi connectivity index (χ1v) is 9.25. The van der Waals surface area contributed by atoms with E-state index in [2.05, 4.69) is 20.6 Å². The maximum Gasteiger partial charge on any atom is 0.313 e. The quantitative estimate of drug-likeness (QED) is 0.713.